The second-order valence-corrected chi connectivity index (χ2v) is 4.23. The highest BCUT2D eigenvalue weighted by atomic mass is 16.6. The van der Waals surface area contributed by atoms with E-state index in [1.54, 1.807) is 0 Å². The first-order valence-electron chi connectivity index (χ1n) is 6.00. The number of aliphatic hydroxyl groups is 2. The fourth-order valence-corrected chi connectivity index (χ4v) is 1.50. The molecule has 110 valence electrons. The molecular weight excluding hydrogens is 266 g/mol. The second-order valence-electron chi connectivity index (χ2n) is 4.23. The molecule has 0 spiro atoms. The van der Waals surface area contributed by atoms with E-state index >= 15 is 0 Å². The van der Waals surface area contributed by atoms with Crippen LogP contribution in [0, 0.1) is 0 Å². The number of aryl methyl sites for hydroxylation is 1. The van der Waals surface area contributed by atoms with E-state index in [1.807, 2.05) is 30.3 Å². The van der Waals surface area contributed by atoms with E-state index in [4.69, 9.17) is 15.9 Å². The Bertz CT molecular complexity index is 449. The molecule has 0 bridgehead atoms. The van der Waals surface area contributed by atoms with Gasteiger partial charge in [-0.25, -0.2) is 9.59 Å². The van der Waals surface area contributed by atoms with Crippen LogP contribution in [-0.4, -0.2) is 45.7 Å². The van der Waals surface area contributed by atoms with E-state index in [1.165, 1.54) is 0 Å². The van der Waals surface area contributed by atoms with E-state index < -0.39 is 30.4 Å². The fraction of sp³-hybridized carbons (Fsp3) is 0.385. The number of carboxylic acid groups (broad SMARTS) is 1. The number of hydrogen-bond donors (Lipinski definition) is 4. The quantitative estimate of drug-likeness (QED) is 0.382. The molecule has 7 heteroatoms. The summed E-state index contributed by atoms with van der Waals surface area (Å²) in [5, 5.41) is 26.7. The summed E-state index contributed by atoms with van der Waals surface area (Å²) in [6.45, 7) is 0. The molecule has 3 unspecified atom stereocenters. The van der Waals surface area contributed by atoms with Gasteiger partial charge in [-0.2, -0.15) is 0 Å². The molecule has 0 saturated heterocycles. The molecule has 0 radical (unpaired) electrons. The average molecular weight is 283 g/mol. The molecule has 1 rings (SSSR count). The van der Waals surface area contributed by atoms with Gasteiger partial charge in [0.05, 0.1) is 0 Å². The predicted octanol–water partition coefficient (Wildman–Crippen LogP) is -0.746. The Balaban J connectivity index is 2.40. The molecule has 1 aromatic carbocycles. The molecule has 0 saturated carbocycles. The number of nitrogens with two attached hydrogens (primary N) is 1. The Morgan fingerprint density at radius 2 is 1.75 bits per heavy atom. The maximum atomic E-state index is 11.3. The number of carbonyl (C=O) groups is 2. The molecule has 0 aliphatic rings. The topological polar surface area (TPSA) is 130 Å². The molecule has 7 nitrogen and oxygen atoms in total. The van der Waals surface area contributed by atoms with Crippen molar-refractivity contribution in [1.29, 1.82) is 0 Å². The van der Waals surface area contributed by atoms with Gasteiger partial charge in [0.2, 0.25) is 0 Å². The van der Waals surface area contributed by atoms with Crippen LogP contribution in [0.15, 0.2) is 30.3 Å². The molecule has 0 aliphatic carbocycles. The lowest BCUT2D eigenvalue weighted by molar-refractivity contribution is -0.173. The van der Waals surface area contributed by atoms with Crippen LogP contribution in [0.1, 0.15) is 12.0 Å². The number of aliphatic carboxylic acids is 1. The first-order chi connectivity index (χ1) is 9.41. The normalized spacial score (nSPS) is 15.2. The van der Waals surface area contributed by atoms with Gasteiger partial charge >= 0.3 is 11.9 Å². The summed E-state index contributed by atoms with van der Waals surface area (Å²) in [5.41, 5.74) is 6.56. The van der Waals surface area contributed by atoms with Crippen LogP contribution in [-0.2, 0) is 20.7 Å². The first kappa shape index (κ1) is 16.1. The third-order valence-corrected chi connectivity index (χ3v) is 2.62. The summed E-state index contributed by atoms with van der Waals surface area (Å²) in [7, 11) is 0. The van der Waals surface area contributed by atoms with Gasteiger partial charge in [0.25, 0.3) is 0 Å². The highest BCUT2D eigenvalue weighted by Crippen LogP contribution is 2.06. The number of rotatable bonds is 7. The van der Waals surface area contributed by atoms with Crippen molar-refractivity contribution in [1.82, 2.24) is 0 Å². The first-order valence-corrected chi connectivity index (χ1v) is 6.00. The SMILES string of the molecule is NC(CCc1ccccc1)OC(=O)C(O)C(O)C(=O)O. The van der Waals surface area contributed by atoms with Gasteiger partial charge in [0.15, 0.2) is 18.4 Å². The van der Waals surface area contributed by atoms with Crippen molar-refractivity contribution >= 4 is 11.9 Å². The summed E-state index contributed by atoms with van der Waals surface area (Å²) in [5.74, 6) is -2.98. The highest BCUT2D eigenvalue weighted by molar-refractivity contribution is 5.84. The van der Waals surface area contributed by atoms with Crippen LogP contribution in [0.25, 0.3) is 0 Å². The molecule has 5 N–H and O–H groups in total. The maximum Gasteiger partial charge on any atom is 0.339 e. The lowest BCUT2D eigenvalue weighted by atomic mass is 10.1. The third kappa shape index (κ3) is 4.96. The van der Waals surface area contributed by atoms with E-state index in [0.717, 1.165) is 5.56 Å². The van der Waals surface area contributed by atoms with Gasteiger partial charge in [-0.3, -0.25) is 5.73 Å². The number of aliphatic hydroxyl groups excluding tert-OH is 2. The van der Waals surface area contributed by atoms with Crippen molar-refractivity contribution < 1.29 is 29.6 Å². The summed E-state index contributed by atoms with van der Waals surface area (Å²) in [4.78, 5) is 21.7. The largest absolute Gasteiger partial charge is 0.479 e. The fourth-order valence-electron chi connectivity index (χ4n) is 1.50. The Morgan fingerprint density at radius 1 is 1.15 bits per heavy atom. The molecule has 0 heterocycles. The minimum Gasteiger partial charge on any atom is -0.479 e. The molecule has 3 atom stereocenters. The van der Waals surface area contributed by atoms with Crippen molar-refractivity contribution in [2.24, 2.45) is 5.73 Å². The second kappa shape index (κ2) is 7.59. The minimum absolute atomic E-state index is 0.311. The van der Waals surface area contributed by atoms with Gasteiger partial charge in [-0.05, 0) is 12.0 Å². The van der Waals surface area contributed by atoms with E-state index in [2.05, 4.69) is 4.74 Å². The predicted molar refractivity (Wildman–Crippen MR) is 68.5 cm³/mol. The Kier molecular flexibility index (Phi) is 6.10. The van der Waals surface area contributed by atoms with Crippen LogP contribution in [0.4, 0.5) is 0 Å². The standard InChI is InChI=1S/C13H17NO6/c14-9(7-6-8-4-2-1-3-5-8)20-13(19)11(16)10(15)12(17)18/h1-5,9-11,15-16H,6-7,14H2,(H,17,18). The molecule has 0 aliphatic heterocycles. The van der Waals surface area contributed by atoms with Crippen LogP contribution >= 0.6 is 0 Å². The molecule has 0 amide bonds. The van der Waals surface area contributed by atoms with Crippen LogP contribution in [0.2, 0.25) is 0 Å². The van der Waals surface area contributed by atoms with Gasteiger partial charge < -0.3 is 20.1 Å². The van der Waals surface area contributed by atoms with Gasteiger partial charge in [-0.15, -0.1) is 0 Å². The Morgan fingerprint density at radius 3 is 2.30 bits per heavy atom. The number of carbonyl (C=O) groups excluding carboxylic acids is 1. The monoisotopic (exact) mass is 283 g/mol. The zero-order chi connectivity index (χ0) is 15.1. The van der Waals surface area contributed by atoms with Gasteiger partial charge in [0, 0.05) is 6.42 Å². The molecule has 0 aromatic heterocycles. The summed E-state index contributed by atoms with van der Waals surface area (Å²) < 4.78 is 4.67. The van der Waals surface area contributed by atoms with Gasteiger partial charge in [0.1, 0.15) is 0 Å². The average Bonchev–Trinajstić information content (AvgIpc) is 2.44. The number of benzene rings is 1. The molecule has 1 aromatic rings. The zero-order valence-corrected chi connectivity index (χ0v) is 10.7. The number of hydrogen-bond acceptors (Lipinski definition) is 6. The van der Waals surface area contributed by atoms with E-state index in [-0.39, 0.29) is 0 Å². The van der Waals surface area contributed by atoms with Gasteiger partial charge in [-0.1, -0.05) is 30.3 Å². The number of ether oxygens (including phenoxy) is 1. The minimum atomic E-state index is -2.23. The zero-order valence-electron chi connectivity index (χ0n) is 10.7. The maximum absolute atomic E-state index is 11.3. The Hall–Kier alpha value is -1.96. The lowest BCUT2D eigenvalue weighted by Crippen LogP contribution is -2.43. The van der Waals surface area contributed by atoms with Crippen molar-refractivity contribution in [2.45, 2.75) is 31.3 Å². The third-order valence-electron chi connectivity index (χ3n) is 2.62. The number of carboxylic acids is 1. The van der Waals surface area contributed by atoms with Crippen molar-refractivity contribution in [3.63, 3.8) is 0 Å². The van der Waals surface area contributed by atoms with E-state index in [9.17, 15) is 14.7 Å². The lowest BCUT2D eigenvalue weighted by Gasteiger charge is -2.17. The number of esters is 1. The van der Waals surface area contributed by atoms with Crippen molar-refractivity contribution in [3.05, 3.63) is 35.9 Å². The molecular formula is C13H17NO6. The summed E-state index contributed by atoms with van der Waals surface area (Å²) >= 11 is 0. The van der Waals surface area contributed by atoms with Crippen LogP contribution in [0.5, 0.6) is 0 Å². The summed E-state index contributed by atoms with van der Waals surface area (Å²) in [6.07, 6.45) is -4.50. The summed E-state index contributed by atoms with van der Waals surface area (Å²) in [6, 6.07) is 9.36. The Labute approximate surface area is 115 Å². The smallest absolute Gasteiger partial charge is 0.339 e. The molecule has 20 heavy (non-hydrogen) atoms. The van der Waals surface area contributed by atoms with Crippen molar-refractivity contribution in [2.75, 3.05) is 0 Å². The van der Waals surface area contributed by atoms with Crippen molar-refractivity contribution in [3.8, 4) is 0 Å². The van der Waals surface area contributed by atoms with E-state index in [0.29, 0.717) is 12.8 Å². The molecule has 0 fully saturated rings. The van der Waals surface area contributed by atoms with Crippen LogP contribution in [0.3, 0.4) is 0 Å². The highest BCUT2D eigenvalue weighted by Gasteiger charge is 2.32. The van der Waals surface area contributed by atoms with Crippen LogP contribution < -0.4 is 5.73 Å².